The summed E-state index contributed by atoms with van der Waals surface area (Å²) in [5.74, 6) is 0. The Hall–Kier alpha value is -0.300. The van der Waals surface area contributed by atoms with Crippen molar-refractivity contribution in [2.45, 2.75) is 13.3 Å². The van der Waals surface area contributed by atoms with Gasteiger partial charge in [0.2, 0.25) is 0 Å². The van der Waals surface area contributed by atoms with Crippen LogP contribution >= 0.6 is 0 Å². The summed E-state index contributed by atoms with van der Waals surface area (Å²) in [5, 5.41) is 0. The topological polar surface area (TPSA) is 3.24 Å². The van der Waals surface area contributed by atoms with Crippen LogP contribution in [0.5, 0.6) is 0 Å². The first-order chi connectivity index (χ1) is 3.93. The van der Waals surface area contributed by atoms with Crippen LogP contribution in [0.4, 0.5) is 0 Å². The van der Waals surface area contributed by atoms with E-state index in [0.29, 0.717) is 0 Å². The highest BCUT2D eigenvalue weighted by Crippen LogP contribution is 1.97. The van der Waals surface area contributed by atoms with E-state index in [2.05, 4.69) is 24.0 Å². The second kappa shape index (κ2) is 2.88. The van der Waals surface area contributed by atoms with E-state index in [1.165, 1.54) is 13.1 Å². The van der Waals surface area contributed by atoms with Gasteiger partial charge >= 0.3 is 0 Å². The SMILES string of the molecule is CCN1CC=[C]CC1. The summed E-state index contributed by atoms with van der Waals surface area (Å²) in [6.45, 7) is 5.68. The molecule has 1 nitrogen and oxygen atoms in total. The summed E-state index contributed by atoms with van der Waals surface area (Å²) < 4.78 is 0. The van der Waals surface area contributed by atoms with Crippen molar-refractivity contribution in [1.29, 1.82) is 0 Å². The van der Waals surface area contributed by atoms with Crippen LogP contribution < -0.4 is 0 Å². The number of hydrogen-bond acceptors (Lipinski definition) is 1. The molecule has 0 amide bonds. The van der Waals surface area contributed by atoms with Crippen LogP contribution in [0.25, 0.3) is 0 Å². The van der Waals surface area contributed by atoms with Gasteiger partial charge in [0.05, 0.1) is 0 Å². The zero-order chi connectivity index (χ0) is 5.82. The molecule has 0 spiro atoms. The minimum absolute atomic E-state index is 1.11. The molecule has 0 aromatic carbocycles. The minimum atomic E-state index is 1.11. The first-order valence-corrected chi connectivity index (χ1v) is 3.21. The third kappa shape index (κ3) is 1.34. The summed E-state index contributed by atoms with van der Waals surface area (Å²) in [6.07, 6.45) is 6.42. The molecular formula is C7H12N. The number of likely N-dealkylation sites (N-methyl/N-ethyl adjacent to an activating group) is 1. The molecule has 1 aliphatic heterocycles. The highest BCUT2D eigenvalue weighted by molar-refractivity contribution is 4.83. The molecule has 1 aliphatic rings. The zero-order valence-electron chi connectivity index (χ0n) is 5.35. The molecule has 0 unspecified atom stereocenters. The average molecular weight is 110 g/mol. The van der Waals surface area contributed by atoms with Crippen molar-refractivity contribution in [2.75, 3.05) is 19.6 Å². The van der Waals surface area contributed by atoms with Crippen molar-refractivity contribution in [3.8, 4) is 0 Å². The van der Waals surface area contributed by atoms with Crippen LogP contribution in [0.15, 0.2) is 6.08 Å². The minimum Gasteiger partial charge on any atom is -0.300 e. The lowest BCUT2D eigenvalue weighted by Gasteiger charge is -2.19. The molecule has 0 fully saturated rings. The maximum atomic E-state index is 3.18. The highest BCUT2D eigenvalue weighted by Gasteiger charge is 2.00. The normalized spacial score (nSPS) is 21.6. The van der Waals surface area contributed by atoms with Gasteiger partial charge in [-0.15, -0.1) is 0 Å². The van der Waals surface area contributed by atoms with E-state index in [1.54, 1.807) is 0 Å². The lowest BCUT2D eigenvalue weighted by molar-refractivity contribution is 0.312. The van der Waals surface area contributed by atoms with Crippen molar-refractivity contribution >= 4 is 0 Å². The second-order valence-corrected chi connectivity index (χ2v) is 2.05. The van der Waals surface area contributed by atoms with Crippen molar-refractivity contribution in [1.82, 2.24) is 4.90 Å². The average Bonchev–Trinajstić information content (AvgIpc) is 1.90. The van der Waals surface area contributed by atoms with Gasteiger partial charge in [-0.3, -0.25) is 4.90 Å². The van der Waals surface area contributed by atoms with Crippen molar-refractivity contribution in [3.05, 3.63) is 12.2 Å². The molecule has 0 aromatic rings. The largest absolute Gasteiger partial charge is 0.300 e. The Kier molecular flexibility index (Phi) is 2.10. The molecular weight excluding hydrogens is 98.1 g/mol. The van der Waals surface area contributed by atoms with E-state index in [0.717, 1.165) is 13.0 Å². The van der Waals surface area contributed by atoms with Crippen LogP contribution in [-0.2, 0) is 0 Å². The van der Waals surface area contributed by atoms with Gasteiger partial charge < -0.3 is 0 Å². The first kappa shape index (κ1) is 5.83. The molecule has 8 heavy (non-hydrogen) atoms. The van der Waals surface area contributed by atoms with Gasteiger partial charge in [0.1, 0.15) is 0 Å². The molecule has 0 saturated heterocycles. The standard InChI is InChI=1S/C7H12N/c1-2-8-6-4-3-5-7-8/h4H,2,5-7H2,1H3. The predicted octanol–water partition coefficient (Wildman–Crippen LogP) is 1.07. The van der Waals surface area contributed by atoms with Crippen LogP contribution in [0.2, 0.25) is 0 Å². The molecule has 0 atom stereocenters. The summed E-state index contributed by atoms with van der Waals surface area (Å²) in [5.41, 5.74) is 0. The monoisotopic (exact) mass is 110 g/mol. The van der Waals surface area contributed by atoms with Gasteiger partial charge in [0, 0.05) is 13.1 Å². The van der Waals surface area contributed by atoms with Gasteiger partial charge in [-0.05, 0) is 19.0 Å². The van der Waals surface area contributed by atoms with E-state index in [9.17, 15) is 0 Å². The Labute approximate surface area is 51.0 Å². The second-order valence-electron chi connectivity index (χ2n) is 2.05. The molecule has 1 heteroatoms. The molecule has 1 heterocycles. The summed E-state index contributed by atoms with van der Waals surface area (Å²) >= 11 is 0. The van der Waals surface area contributed by atoms with Crippen molar-refractivity contribution in [3.63, 3.8) is 0 Å². The molecule has 0 aliphatic carbocycles. The molecule has 0 saturated carbocycles. The first-order valence-electron chi connectivity index (χ1n) is 3.21. The quantitative estimate of drug-likeness (QED) is 0.488. The molecule has 45 valence electrons. The van der Waals surface area contributed by atoms with Crippen LogP contribution in [0.3, 0.4) is 0 Å². The van der Waals surface area contributed by atoms with E-state index in [4.69, 9.17) is 0 Å². The molecule has 1 radical (unpaired) electrons. The number of hydrogen-bond donors (Lipinski definition) is 0. The third-order valence-electron chi connectivity index (χ3n) is 1.51. The van der Waals surface area contributed by atoms with Crippen LogP contribution in [0.1, 0.15) is 13.3 Å². The van der Waals surface area contributed by atoms with Gasteiger partial charge in [0.15, 0.2) is 0 Å². The van der Waals surface area contributed by atoms with E-state index >= 15 is 0 Å². The molecule has 0 aromatic heterocycles. The Balaban J connectivity index is 2.27. The van der Waals surface area contributed by atoms with E-state index in [1.807, 2.05) is 0 Å². The molecule has 1 rings (SSSR count). The summed E-state index contributed by atoms with van der Waals surface area (Å²) in [4.78, 5) is 2.40. The van der Waals surface area contributed by atoms with E-state index in [-0.39, 0.29) is 0 Å². The number of rotatable bonds is 1. The van der Waals surface area contributed by atoms with Crippen molar-refractivity contribution < 1.29 is 0 Å². The molecule has 0 bridgehead atoms. The van der Waals surface area contributed by atoms with Crippen LogP contribution in [0, 0.1) is 6.08 Å². The summed E-state index contributed by atoms with van der Waals surface area (Å²) in [7, 11) is 0. The number of nitrogens with zero attached hydrogens (tertiary/aromatic N) is 1. The third-order valence-corrected chi connectivity index (χ3v) is 1.51. The van der Waals surface area contributed by atoms with Gasteiger partial charge in [0.25, 0.3) is 0 Å². The van der Waals surface area contributed by atoms with Crippen molar-refractivity contribution in [2.24, 2.45) is 0 Å². The maximum Gasteiger partial charge on any atom is 0.0169 e. The predicted molar refractivity (Wildman–Crippen MR) is 34.5 cm³/mol. The Bertz CT molecular complexity index is 86.4. The van der Waals surface area contributed by atoms with Gasteiger partial charge in [-0.1, -0.05) is 13.0 Å². The zero-order valence-corrected chi connectivity index (χ0v) is 5.35. The Morgan fingerprint density at radius 3 is 3.00 bits per heavy atom. The summed E-state index contributed by atoms with van der Waals surface area (Å²) in [6, 6.07) is 0. The van der Waals surface area contributed by atoms with Gasteiger partial charge in [-0.25, -0.2) is 0 Å². The maximum absolute atomic E-state index is 3.18. The van der Waals surface area contributed by atoms with Crippen LogP contribution in [-0.4, -0.2) is 24.5 Å². The smallest absolute Gasteiger partial charge is 0.0169 e. The van der Waals surface area contributed by atoms with E-state index < -0.39 is 0 Å². The van der Waals surface area contributed by atoms with Gasteiger partial charge in [-0.2, -0.15) is 0 Å². The fourth-order valence-corrected chi connectivity index (χ4v) is 0.897. The highest BCUT2D eigenvalue weighted by atomic mass is 15.1. The molecule has 0 N–H and O–H groups in total. The Morgan fingerprint density at radius 2 is 2.62 bits per heavy atom. The lowest BCUT2D eigenvalue weighted by atomic mass is 10.2. The Morgan fingerprint density at radius 1 is 1.75 bits per heavy atom. The fourth-order valence-electron chi connectivity index (χ4n) is 0.897. The lowest BCUT2D eigenvalue weighted by Crippen LogP contribution is -2.26. The fraction of sp³-hybridized carbons (Fsp3) is 0.714.